The predicted octanol–water partition coefficient (Wildman–Crippen LogP) is 3.66. The number of hydrogen-bond acceptors (Lipinski definition) is 6. The van der Waals surface area contributed by atoms with E-state index >= 15 is 0 Å². The van der Waals surface area contributed by atoms with Crippen LogP contribution in [0.1, 0.15) is 24.2 Å². The van der Waals surface area contributed by atoms with Crippen LogP contribution in [-0.4, -0.2) is 36.3 Å². The molecule has 1 amide bonds. The summed E-state index contributed by atoms with van der Waals surface area (Å²) in [4.78, 5) is 35.7. The molecule has 148 valence electrons. The monoisotopic (exact) mass is 405 g/mol. The second-order valence-corrected chi connectivity index (χ2v) is 6.98. The Morgan fingerprint density at radius 3 is 2.39 bits per heavy atom. The maximum atomic E-state index is 13.5. The van der Waals surface area contributed by atoms with Gasteiger partial charge in [0.05, 0.1) is 17.4 Å². The van der Waals surface area contributed by atoms with E-state index in [-0.39, 0.29) is 11.9 Å². The first kappa shape index (κ1) is 21.4. The molecule has 2 rings (SSSR count). The van der Waals surface area contributed by atoms with Gasteiger partial charge in [-0.05, 0) is 50.2 Å². The van der Waals surface area contributed by atoms with E-state index in [9.17, 15) is 18.8 Å². The number of carbonyl (C=O) groups excluding carboxylic acids is 3. The van der Waals surface area contributed by atoms with Crippen LogP contribution in [0.4, 0.5) is 10.1 Å². The Morgan fingerprint density at radius 2 is 1.75 bits per heavy atom. The fourth-order valence-electron chi connectivity index (χ4n) is 2.06. The van der Waals surface area contributed by atoms with Gasteiger partial charge in [-0.1, -0.05) is 12.1 Å². The Hall–Kier alpha value is -2.87. The van der Waals surface area contributed by atoms with Crippen molar-refractivity contribution < 1.29 is 28.2 Å². The molecule has 0 fully saturated rings. The molecule has 0 atom stereocenters. The third-order valence-corrected chi connectivity index (χ3v) is 4.32. The number of halogens is 1. The van der Waals surface area contributed by atoms with E-state index in [0.717, 1.165) is 11.8 Å². The molecule has 0 radical (unpaired) electrons. The van der Waals surface area contributed by atoms with Crippen molar-refractivity contribution in [3.8, 4) is 0 Å². The Kier molecular flexibility index (Phi) is 8.01. The van der Waals surface area contributed by atoms with Crippen LogP contribution in [0, 0.1) is 5.82 Å². The molecular formula is C20H20FNO5S. The van der Waals surface area contributed by atoms with E-state index in [1.165, 1.54) is 18.2 Å². The number of carbonyl (C=O) groups is 3. The summed E-state index contributed by atoms with van der Waals surface area (Å²) in [5.74, 6) is -2.13. The second-order valence-electron chi connectivity index (χ2n) is 5.96. The number of amides is 1. The van der Waals surface area contributed by atoms with Gasteiger partial charge >= 0.3 is 11.9 Å². The van der Waals surface area contributed by atoms with Crippen LogP contribution in [0.5, 0.6) is 0 Å². The normalized spacial score (nSPS) is 10.4. The van der Waals surface area contributed by atoms with Crippen LogP contribution in [-0.2, 0) is 19.1 Å². The van der Waals surface area contributed by atoms with Gasteiger partial charge in [0.2, 0.25) is 0 Å². The SMILES string of the molecule is CC(C)OC(=O)c1ccc(NC(=O)COC(=O)CSc2ccccc2F)cc1. The largest absolute Gasteiger partial charge is 0.459 e. The van der Waals surface area contributed by atoms with Crippen LogP contribution in [0.3, 0.4) is 0 Å². The van der Waals surface area contributed by atoms with E-state index in [1.54, 1.807) is 44.2 Å². The molecule has 0 saturated heterocycles. The van der Waals surface area contributed by atoms with Gasteiger partial charge in [0.25, 0.3) is 5.91 Å². The van der Waals surface area contributed by atoms with Crippen molar-refractivity contribution in [2.24, 2.45) is 0 Å². The highest BCUT2D eigenvalue weighted by molar-refractivity contribution is 8.00. The lowest BCUT2D eigenvalue weighted by Crippen LogP contribution is -2.21. The first-order valence-electron chi connectivity index (χ1n) is 8.49. The van der Waals surface area contributed by atoms with Crippen molar-refractivity contribution in [2.75, 3.05) is 17.7 Å². The minimum absolute atomic E-state index is 0.110. The van der Waals surface area contributed by atoms with Gasteiger partial charge in [-0.25, -0.2) is 9.18 Å². The average Bonchev–Trinajstić information content (AvgIpc) is 2.65. The second kappa shape index (κ2) is 10.5. The van der Waals surface area contributed by atoms with Crippen LogP contribution >= 0.6 is 11.8 Å². The topological polar surface area (TPSA) is 81.7 Å². The van der Waals surface area contributed by atoms with Crippen LogP contribution in [0.2, 0.25) is 0 Å². The van der Waals surface area contributed by atoms with Crippen molar-refractivity contribution in [2.45, 2.75) is 24.8 Å². The molecule has 0 aromatic heterocycles. The number of ether oxygens (including phenoxy) is 2. The molecular weight excluding hydrogens is 385 g/mol. The van der Waals surface area contributed by atoms with Gasteiger partial charge in [0.15, 0.2) is 6.61 Å². The average molecular weight is 405 g/mol. The predicted molar refractivity (Wildman–Crippen MR) is 104 cm³/mol. The first-order valence-corrected chi connectivity index (χ1v) is 9.47. The van der Waals surface area contributed by atoms with Crippen molar-refractivity contribution >= 4 is 35.3 Å². The number of esters is 2. The maximum absolute atomic E-state index is 13.5. The minimum atomic E-state index is -0.629. The summed E-state index contributed by atoms with van der Waals surface area (Å²) in [6.45, 7) is 3.04. The molecule has 6 nitrogen and oxygen atoms in total. The Morgan fingerprint density at radius 1 is 1.07 bits per heavy atom. The maximum Gasteiger partial charge on any atom is 0.338 e. The molecule has 0 aliphatic rings. The quantitative estimate of drug-likeness (QED) is 0.533. The lowest BCUT2D eigenvalue weighted by molar-refractivity contribution is -0.144. The van der Waals surface area contributed by atoms with Gasteiger partial charge in [-0.15, -0.1) is 11.8 Å². The molecule has 0 unspecified atom stereocenters. The van der Waals surface area contributed by atoms with Gasteiger partial charge in [0.1, 0.15) is 5.82 Å². The standard InChI is InChI=1S/C20H20FNO5S/c1-13(2)27-20(25)14-7-9-15(10-8-14)22-18(23)11-26-19(24)12-28-17-6-4-3-5-16(17)21/h3-10,13H,11-12H2,1-2H3,(H,22,23). The summed E-state index contributed by atoms with van der Waals surface area (Å²) >= 11 is 0.994. The summed E-state index contributed by atoms with van der Waals surface area (Å²) in [6.07, 6.45) is -0.224. The van der Waals surface area contributed by atoms with Crippen molar-refractivity contribution in [3.05, 3.63) is 59.9 Å². The molecule has 2 aromatic carbocycles. The number of nitrogens with one attached hydrogen (secondary N) is 1. The lowest BCUT2D eigenvalue weighted by atomic mass is 10.2. The molecule has 28 heavy (non-hydrogen) atoms. The molecule has 0 spiro atoms. The van der Waals surface area contributed by atoms with Crippen molar-refractivity contribution in [1.29, 1.82) is 0 Å². The molecule has 0 aliphatic carbocycles. The van der Waals surface area contributed by atoms with Gasteiger partial charge in [-0.2, -0.15) is 0 Å². The van der Waals surface area contributed by atoms with E-state index < -0.39 is 30.3 Å². The highest BCUT2D eigenvalue weighted by Crippen LogP contribution is 2.21. The summed E-state index contributed by atoms with van der Waals surface area (Å²) in [5.41, 5.74) is 0.811. The summed E-state index contributed by atoms with van der Waals surface area (Å²) in [6, 6.07) is 12.2. The van der Waals surface area contributed by atoms with Gasteiger partial charge < -0.3 is 14.8 Å². The van der Waals surface area contributed by atoms with E-state index in [0.29, 0.717) is 16.1 Å². The Balaban J connectivity index is 1.75. The molecule has 0 bridgehead atoms. The van der Waals surface area contributed by atoms with Crippen molar-refractivity contribution in [3.63, 3.8) is 0 Å². The number of rotatable bonds is 8. The summed E-state index contributed by atoms with van der Waals surface area (Å²) < 4.78 is 23.4. The lowest BCUT2D eigenvalue weighted by Gasteiger charge is -2.09. The number of thioether (sulfide) groups is 1. The van der Waals surface area contributed by atoms with Crippen LogP contribution in [0.25, 0.3) is 0 Å². The smallest absolute Gasteiger partial charge is 0.338 e. The van der Waals surface area contributed by atoms with E-state index in [4.69, 9.17) is 9.47 Å². The Labute approximate surface area is 166 Å². The highest BCUT2D eigenvalue weighted by Gasteiger charge is 2.12. The van der Waals surface area contributed by atoms with Crippen LogP contribution < -0.4 is 5.32 Å². The fourth-order valence-corrected chi connectivity index (χ4v) is 2.79. The fraction of sp³-hybridized carbons (Fsp3) is 0.250. The first-order chi connectivity index (χ1) is 13.3. The molecule has 0 saturated carbocycles. The third kappa shape index (κ3) is 7.03. The van der Waals surface area contributed by atoms with Gasteiger partial charge in [-0.3, -0.25) is 9.59 Å². The molecule has 2 aromatic rings. The number of benzene rings is 2. The molecule has 8 heteroatoms. The summed E-state index contributed by atoms with van der Waals surface area (Å²) in [7, 11) is 0. The van der Waals surface area contributed by atoms with E-state index in [1.807, 2.05) is 0 Å². The Bertz CT molecular complexity index is 839. The van der Waals surface area contributed by atoms with E-state index in [2.05, 4.69) is 5.32 Å². The molecule has 1 N–H and O–H groups in total. The highest BCUT2D eigenvalue weighted by atomic mass is 32.2. The number of anilines is 1. The van der Waals surface area contributed by atoms with Crippen molar-refractivity contribution in [1.82, 2.24) is 0 Å². The summed E-state index contributed by atoms with van der Waals surface area (Å²) in [5, 5.41) is 2.55. The third-order valence-electron chi connectivity index (χ3n) is 3.29. The van der Waals surface area contributed by atoms with Crippen LogP contribution in [0.15, 0.2) is 53.4 Å². The van der Waals surface area contributed by atoms with Gasteiger partial charge in [0, 0.05) is 10.6 Å². The zero-order valence-electron chi connectivity index (χ0n) is 15.4. The molecule has 0 heterocycles. The zero-order valence-corrected chi connectivity index (χ0v) is 16.3. The molecule has 0 aliphatic heterocycles. The minimum Gasteiger partial charge on any atom is -0.459 e. The number of hydrogen-bond donors (Lipinski definition) is 1. The zero-order chi connectivity index (χ0) is 20.5.